The summed E-state index contributed by atoms with van der Waals surface area (Å²) in [4.78, 5) is 20.0. The van der Waals surface area contributed by atoms with Crippen LogP contribution in [0, 0.1) is 6.92 Å². The van der Waals surface area contributed by atoms with E-state index in [0.29, 0.717) is 17.0 Å². The van der Waals surface area contributed by atoms with Gasteiger partial charge in [-0.2, -0.15) is 13.2 Å². The minimum absolute atomic E-state index is 0.167. The van der Waals surface area contributed by atoms with Crippen molar-refractivity contribution in [3.63, 3.8) is 0 Å². The molecule has 0 aliphatic rings. The molecular weight excluding hydrogens is 417 g/mol. The van der Waals surface area contributed by atoms with Gasteiger partial charge in [0, 0.05) is 5.56 Å². The molecule has 0 saturated carbocycles. The summed E-state index contributed by atoms with van der Waals surface area (Å²) in [5, 5.41) is 9.22. The number of carboxylic acids is 1. The van der Waals surface area contributed by atoms with Gasteiger partial charge in [0.25, 0.3) is 0 Å². The number of aromatic nitrogens is 2. The first kappa shape index (κ1) is 21.5. The molecule has 1 N–H and O–H groups in total. The maximum Gasteiger partial charge on any atom is 0.418 e. The smallest absolute Gasteiger partial charge is 0.418 e. The molecule has 0 spiro atoms. The van der Waals surface area contributed by atoms with Crippen LogP contribution in [-0.2, 0) is 11.0 Å². The van der Waals surface area contributed by atoms with E-state index in [9.17, 15) is 23.1 Å². The molecule has 162 valence electrons. The van der Waals surface area contributed by atoms with Gasteiger partial charge in [0.05, 0.1) is 28.4 Å². The third kappa shape index (κ3) is 3.93. The molecule has 32 heavy (non-hydrogen) atoms. The Labute approximate surface area is 182 Å². The zero-order valence-corrected chi connectivity index (χ0v) is 17.3. The average Bonchev–Trinajstić information content (AvgIpc) is 2.77. The van der Waals surface area contributed by atoms with E-state index in [-0.39, 0.29) is 11.0 Å². The van der Waals surface area contributed by atoms with Gasteiger partial charge >= 0.3 is 12.1 Å². The lowest BCUT2D eigenvalue weighted by Gasteiger charge is -2.15. The van der Waals surface area contributed by atoms with Crippen LogP contribution in [0.4, 0.5) is 13.2 Å². The number of aryl methyl sites for hydroxylation is 1. The first-order valence-electron chi connectivity index (χ1n) is 9.94. The van der Waals surface area contributed by atoms with Crippen LogP contribution < -0.4 is 0 Å². The van der Waals surface area contributed by atoms with Crippen molar-refractivity contribution in [1.29, 1.82) is 0 Å². The number of halogens is 3. The minimum atomic E-state index is -4.52. The van der Waals surface area contributed by atoms with Crippen molar-refractivity contribution in [2.24, 2.45) is 0 Å². The zero-order chi connectivity index (χ0) is 23.0. The van der Waals surface area contributed by atoms with Gasteiger partial charge in [-0.05, 0) is 42.7 Å². The van der Waals surface area contributed by atoms with Crippen molar-refractivity contribution >= 4 is 17.0 Å². The van der Waals surface area contributed by atoms with Gasteiger partial charge in [0.15, 0.2) is 0 Å². The molecular formula is C25H19F3N2O2. The number of alkyl halides is 3. The highest BCUT2D eigenvalue weighted by Gasteiger charge is 2.33. The van der Waals surface area contributed by atoms with E-state index in [2.05, 4.69) is 9.97 Å². The zero-order valence-electron chi connectivity index (χ0n) is 17.3. The predicted octanol–water partition coefficient (Wildman–Crippen LogP) is 6.48. The lowest BCUT2D eigenvalue weighted by molar-refractivity contribution is -0.138. The highest BCUT2D eigenvalue weighted by atomic mass is 19.4. The molecule has 0 saturated heterocycles. The maximum atomic E-state index is 13.4. The van der Waals surface area contributed by atoms with Crippen molar-refractivity contribution in [2.45, 2.75) is 25.9 Å². The van der Waals surface area contributed by atoms with Gasteiger partial charge in [0.1, 0.15) is 5.52 Å². The molecule has 4 rings (SSSR count). The number of carbonyl (C=O) groups is 1. The summed E-state index contributed by atoms with van der Waals surface area (Å²) < 4.78 is 40.2. The van der Waals surface area contributed by atoms with Crippen molar-refractivity contribution in [2.75, 3.05) is 0 Å². The molecule has 0 bridgehead atoms. The predicted molar refractivity (Wildman–Crippen MR) is 116 cm³/mol. The molecule has 0 amide bonds. The number of rotatable bonds is 4. The van der Waals surface area contributed by atoms with Gasteiger partial charge in [-0.1, -0.05) is 54.6 Å². The molecule has 1 atom stereocenters. The van der Waals surface area contributed by atoms with E-state index >= 15 is 0 Å². The van der Waals surface area contributed by atoms with Gasteiger partial charge in [-0.3, -0.25) is 4.79 Å². The number of hydrogen-bond acceptors (Lipinski definition) is 3. The Bertz CT molecular complexity index is 1320. The number of benzene rings is 3. The first-order chi connectivity index (χ1) is 15.2. The highest BCUT2D eigenvalue weighted by molar-refractivity contribution is 5.87. The van der Waals surface area contributed by atoms with Crippen molar-refractivity contribution in [3.8, 4) is 22.4 Å². The molecule has 4 nitrogen and oxygen atoms in total. The summed E-state index contributed by atoms with van der Waals surface area (Å²) in [6.07, 6.45) is -4.52. The van der Waals surface area contributed by atoms with E-state index in [1.165, 1.54) is 12.1 Å². The molecule has 0 aliphatic heterocycles. The molecule has 0 fully saturated rings. The van der Waals surface area contributed by atoms with E-state index in [4.69, 9.17) is 0 Å². The second kappa shape index (κ2) is 8.07. The topological polar surface area (TPSA) is 63.1 Å². The number of carboxylic acid groups (broad SMARTS) is 1. The van der Waals surface area contributed by atoms with Crippen LogP contribution in [0.2, 0.25) is 0 Å². The lowest BCUT2D eigenvalue weighted by Crippen LogP contribution is -2.08. The fraction of sp³-hybridized carbons (Fsp3) is 0.160. The molecule has 1 unspecified atom stereocenters. The summed E-state index contributed by atoms with van der Waals surface area (Å²) in [5.41, 5.74) is 3.14. The molecule has 4 aromatic rings. The molecule has 1 heterocycles. The van der Waals surface area contributed by atoms with Gasteiger partial charge in [0.2, 0.25) is 0 Å². The SMILES string of the molecule is Cc1nc2c(C(F)(F)F)cccc2nc1-c1ccccc1-c1ccc(C(C)C(=O)O)cc1. The summed E-state index contributed by atoms with van der Waals surface area (Å²) in [7, 11) is 0. The van der Waals surface area contributed by atoms with E-state index in [1.54, 1.807) is 26.0 Å². The second-order valence-electron chi connectivity index (χ2n) is 7.56. The number of nitrogens with zero attached hydrogens (tertiary/aromatic N) is 2. The average molecular weight is 436 g/mol. The van der Waals surface area contributed by atoms with Crippen LogP contribution in [0.3, 0.4) is 0 Å². The fourth-order valence-electron chi connectivity index (χ4n) is 3.68. The summed E-state index contributed by atoms with van der Waals surface area (Å²) in [5.74, 6) is -1.53. The Balaban J connectivity index is 1.84. The maximum absolute atomic E-state index is 13.4. The van der Waals surface area contributed by atoms with Crippen LogP contribution in [0.1, 0.15) is 29.7 Å². The summed E-state index contributed by atoms with van der Waals surface area (Å²) in [6, 6.07) is 18.5. The van der Waals surface area contributed by atoms with Gasteiger partial charge in [-0.15, -0.1) is 0 Å². The number of aliphatic carboxylic acids is 1. The Kier molecular flexibility index (Phi) is 5.42. The van der Waals surface area contributed by atoms with E-state index < -0.39 is 23.6 Å². The lowest BCUT2D eigenvalue weighted by atomic mass is 9.93. The molecule has 3 aromatic carbocycles. The normalized spacial score (nSPS) is 12.7. The standard InChI is InChI=1S/C25H19F3N2O2/c1-14(24(31)32)16-10-12-17(13-11-16)18-6-3-4-7-19(18)22-15(2)29-23-20(25(26,27)28)8-5-9-21(23)30-22/h3-14H,1-2H3,(H,31,32). The van der Waals surface area contributed by atoms with Crippen LogP contribution >= 0.6 is 0 Å². The van der Waals surface area contributed by atoms with Crippen LogP contribution in [0.15, 0.2) is 66.7 Å². The number of hydrogen-bond donors (Lipinski definition) is 1. The van der Waals surface area contributed by atoms with Crippen LogP contribution in [-0.4, -0.2) is 21.0 Å². The highest BCUT2D eigenvalue weighted by Crippen LogP contribution is 2.37. The largest absolute Gasteiger partial charge is 0.481 e. The molecule has 1 aromatic heterocycles. The second-order valence-corrected chi connectivity index (χ2v) is 7.56. The van der Waals surface area contributed by atoms with Gasteiger partial charge in [-0.25, -0.2) is 9.97 Å². The van der Waals surface area contributed by atoms with E-state index in [0.717, 1.165) is 22.8 Å². The third-order valence-electron chi connectivity index (χ3n) is 5.45. The van der Waals surface area contributed by atoms with Gasteiger partial charge < -0.3 is 5.11 Å². The quantitative estimate of drug-likeness (QED) is 0.398. The summed E-state index contributed by atoms with van der Waals surface area (Å²) in [6.45, 7) is 3.26. The van der Waals surface area contributed by atoms with Crippen LogP contribution in [0.5, 0.6) is 0 Å². The Morgan fingerprint density at radius 1 is 0.906 bits per heavy atom. The molecule has 0 radical (unpaired) electrons. The fourth-order valence-corrected chi connectivity index (χ4v) is 3.68. The minimum Gasteiger partial charge on any atom is -0.481 e. The van der Waals surface area contributed by atoms with Crippen LogP contribution in [0.25, 0.3) is 33.4 Å². The Morgan fingerprint density at radius 3 is 2.19 bits per heavy atom. The van der Waals surface area contributed by atoms with Crippen molar-refractivity contribution in [1.82, 2.24) is 9.97 Å². The monoisotopic (exact) mass is 436 g/mol. The number of fused-ring (bicyclic) bond motifs is 1. The van der Waals surface area contributed by atoms with E-state index in [1.807, 2.05) is 36.4 Å². The molecule has 0 aliphatic carbocycles. The number of para-hydroxylation sites is 1. The third-order valence-corrected chi connectivity index (χ3v) is 5.45. The van der Waals surface area contributed by atoms with Crippen molar-refractivity contribution < 1.29 is 23.1 Å². The summed E-state index contributed by atoms with van der Waals surface area (Å²) >= 11 is 0. The Hall–Kier alpha value is -3.74. The first-order valence-corrected chi connectivity index (χ1v) is 9.94. The van der Waals surface area contributed by atoms with Crippen molar-refractivity contribution in [3.05, 3.63) is 83.6 Å². The molecule has 7 heteroatoms. The Morgan fingerprint density at radius 2 is 1.56 bits per heavy atom.